The molecule has 0 aromatic heterocycles. The van der Waals surface area contributed by atoms with Crippen molar-refractivity contribution >= 4 is 28.1 Å². The lowest BCUT2D eigenvalue weighted by Crippen LogP contribution is -2.29. The molecule has 0 saturated heterocycles. The van der Waals surface area contributed by atoms with Crippen LogP contribution in [0.4, 0.5) is 5.69 Å². The van der Waals surface area contributed by atoms with Crippen molar-refractivity contribution < 1.29 is 0 Å². The van der Waals surface area contributed by atoms with Crippen molar-refractivity contribution in [3.8, 4) is 0 Å². The predicted octanol–water partition coefficient (Wildman–Crippen LogP) is 6.32. The number of allylic oxidation sites excluding steroid dienone is 2. The van der Waals surface area contributed by atoms with Gasteiger partial charge in [-0.25, -0.2) is 0 Å². The Kier molecular flexibility index (Phi) is 3.17. The molecular formula is C22H18ClN. The van der Waals surface area contributed by atoms with Crippen LogP contribution in [0.3, 0.4) is 0 Å². The molecule has 0 amide bonds. The Balaban J connectivity index is 1.72. The summed E-state index contributed by atoms with van der Waals surface area (Å²) < 4.78 is 0. The highest BCUT2D eigenvalue weighted by atomic mass is 35.5. The number of hydrogen-bond donors (Lipinski definition) is 1. The number of halogens is 1. The van der Waals surface area contributed by atoms with Crippen molar-refractivity contribution in [2.45, 2.75) is 18.4 Å². The molecule has 2 heteroatoms. The van der Waals surface area contributed by atoms with E-state index in [-0.39, 0.29) is 6.04 Å². The quantitative estimate of drug-likeness (QED) is 0.514. The molecule has 5 rings (SSSR count). The van der Waals surface area contributed by atoms with Gasteiger partial charge in [-0.3, -0.25) is 0 Å². The second-order valence-corrected chi connectivity index (χ2v) is 7.16. The van der Waals surface area contributed by atoms with Crippen molar-refractivity contribution in [2.24, 2.45) is 5.92 Å². The van der Waals surface area contributed by atoms with Gasteiger partial charge in [0, 0.05) is 22.0 Å². The van der Waals surface area contributed by atoms with Gasteiger partial charge < -0.3 is 5.32 Å². The van der Waals surface area contributed by atoms with Crippen molar-refractivity contribution in [3.05, 3.63) is 89.0 Å². The number of benzene rings is 3. The number of anilines is 1. The Morgan fingerprint density at radius 1 is 0.875 bits per heavy atom. The van der Waals surface area contributed by atoms with Crippen molar-refractivity contribution in [1.29, 1.82) is 0 Å². The van der Waals surface area contributed by atoms with E-state index in [4.69, 9.17) is 11.6 Å². The molecule has 0 saturated carbocycles. The monoisotopic (exact) mass is 331 g/mol. The normalized spacial score (nSPS) is 24.5. The smallest absolute Gasteiger partial charge is 0.0568 e. The van der Waals surface area contributed by atoms with Crippen molar-refractivity contribution in [3.63, 3.8) is 0 Å². The largest absolute Gasteiger partial charge is 0.377 e. The van der Waals surface area contributed by atoms with Gasteiger partial charge in [0.1, 0.15) is 0 Å². The highest BCUT2D eigenvalue weighted by Crippen LogP contribution is 2.52. The topological polar surface area (TPSA) is 12.0 Å². The minimum atomic E-state index is 0.247. The van der Waals surface area contributed by atoms with Crippen LogP contribution in [0.5, 0.6) is 0 Å². The molecule has 1 N–H and O–H groups in total. The lowest BCUT2D eigenvalue weighted by Gasteiger charge is -2.38. The van der Waals surface area contributed by atoms with Crippen LogP contribution in [0.2, 0.25) is 5.02 Å². The summed E-state index contributed by atoms with van der Waals surface area (Å²) in [4.78, 5) is 0. The average molecular weight is 332 g/mol. The van der Waals surface area contributed by atoms with E-state index in [2.05, 4.69) is 66.0 Å². The van der Waals surface area contributed by atoms with E-state index in [1.807, 2.05) is 12.1 Å². The van der Waals surface area contributed by atoms with E-state index in [1.54, 1.807) is 0 Å². The Morgan fingerprint density at radius 3 is 2.62 bits per heavy atom. The summed E-state index contributed by atoms with van der Waals surface area (Å²) in [6.07, 6.45) is 5.80. The zero-order valence-electron chi connectivity index (χ0n) is 13.2. The van der Waals surface area contributed by atoms with Crippen molar-refractivity contribution in [2.75, 3.05) is 5.32 Å². The Hall–Kier alpha value is -2.25. The maximum absolute atomic E-state index is 6.53. The first-order valence-corrected chi connectivity index (χ1v) is 8.90. The lowest BCUT2D eigenvalue weighted by molar-refractivity contribution is 0.426. The molecular weight excluding hydrogens is 314 g/mol. The minimum Gasteiger partial charge on any atom is -0.377 e. The Labute approximate surface area is 147 Å². The fraction of sp³-hybridized carbons (Fsp3) is 0.182. The summed E-state index contributed by atoms with van der Waals surface area (Å²) in [6.45, 7) is 0. The molecule has 1 aliphatic heterocycles. The summed E-state index contributed by atoms with van der Waals surface area (Å²) in [5.74, 6) is 0.991. The molecule has 1 aliphatic carbocycles. The summed E-state index contributed by atoms with van der Waals surface area (Å²) in [7, 11) is 0. The van der Waals surface area contributed by atoms with E-state index in [0.29, 0.717) is 11.8 Å². The molecule has 1 nitrogen and oxygen atoms in total. The second-order valence-electron chi connectivity index (χ2n) is 6.75. The molecule has 3 aromatic carbocycles. The zero-order chi connectivity index (χ0) is 16.1. The Morgan fingerprint density at radius 2 is 1.71 bits per heavy atom. The molecule has 3 aromatic rings. The van der Waals surface area contributed by atoms with Crippen LogP contribution >= 0.6 is 11.6 Å². The third-order valence-electron chi connectivity index (χ3n) is 5.50. The van der Waals surface area contributed by atoms with Gasteiger partial charge in [-0.2, -0.15) is 0 Å². The van der Waals surface area contributed by atoms with Crippen LogP contribution in [0, 0.1) is 5.92 Å². The summed E-state index contributed by atoms with van der Waals surface area (Å²) in [5, 5.41) is 7.27. The number of nitrogens with one attached hydrogen (secondary N) is 1. The number of rotatable bonds is 1. The van der Waals surface area contributed by atoms with Crippen LogP contribution in [0.1, 0.15) is 29.5 Å². The zero-order valence-corrected chi connectivity index (χ0v) is 14.0. The van der Waals surface area contributed by atoms with E-state index in [9.17, 15) is 0 Å². The third-order valence-corrected chi connectivity index (χ3v) is 5.85. The van der Waals surface area contributed by atoms with Gasteiger partial charge in [0.25, 0.3) is 0 Å². The first-order valence-electron chi connectivity index (χ1n) is 8.52. The van der Waals surface area contributed by atoms with Crippen molar-refractivity contribution in [1.82, 2.24) is 0 Å². The summed E-state index contributed by atoms with van der Waals surface area (Å²) >= 11 is 6.53. The van der Waals surface area contributed by atoms with Gasteiger partial charge in [-0.05, 0) is 34.9 Å². The summed E-state index contributed by atoms with van der Waals surface area (Å²) in [6, 6.07) is 21.6. The van der Waals surface area contributed by atoms with Crippen LogP contribution in [0.25, 0.3) is 10.8 Å². The van der Waals surface area contributed by atoms with E-state index in [0.717, 1.165) is 11.4 Å². The van der Waals surface area contributed by atoms with Crippen LogP contribution in [-0.4, -0.2) is 0 Å². The molecule has 0 radical (unpaired) electrons. The molecule has 0 bridgehead atoms. The number of hydrogen-bond acceptors (Lipinski definition) is 1. The molecule has 0 spiro atoms. The lowest BCUT2D eigenvalue weighted by atomic mass is 9.76. The van der Waals surface area contributed by atoms with Gasteiger partial charge in [0.05, 0.1) is 6.04 Å². The van der Waals surface area contributed by atoms with Gasteiger partial charge in [0.2, 0.25) is 0 Å². The molecule has 3 atom stereocenters. The summed E-state index contributed by atoms with van der Waals surface area (Å²) in [5.41, 5.74) is 3.89. The highest BCUT2D eigenvalue weighted by molar-refractivity contribution is 6.31. The van der Waals surface area contributed by atoms with Crippen LogP contribution in [0.15, 0.2) is 72.8 Å². The minimum absolute atomic E-state index is 0.247. The Bertz CT molecular complexity index is 959. The highest BCUT2D eigenvalue weighted by Gasteiger charge is 2.38. The fourth-order valence-electron chi connectivity index (χ4n) is 4.37. The molecule has 1 heterocycles. The SMILES string of the molecule is Clc1ccccc1[C@@H]1Nc2c(ccc3ccccc23)[C@@H]2C=CC[C@@H]21. The van der Waals surface area contributed by atoms with Gasteiger partial charge in [0.15, 0.2) is 0 Å². The third kappa shape index (κ3) is 2.01. The van der Waals surface area contributed by atoms with E-state index < -0.39 is 0 Å². The maximum Gasteiger partial charge on any atom is 0.0568 e. The predicted molar refractivity (Wildman–Crippen MR) is 102 cm³/mol. The standard InChI is InChI=1S/C22H18ClN/c23-20-11-4-3-8-19(20)22-17-10-5-9-16(17)18-13-12-14-6-1-2-7-15(14)21(18)24-22/h1-9,11-13,16-17,22,24H,10H2/t16-,17+,22-/m1/s1. The van der Waals surface area contributed by atoms with Crippen LogP contribution < -0.4 is 5.32 Å². The average Bonchev–Trinajstić information content (AvgIpc) is 3.11. The van der Waals surface area contributed by atoms with Gasteiger partial charge >= 0.3 is 0 Å². The second kappa shape index (κ2) is 5.39. The van der Waals surface area contributed by atoms with Gasteiger partial charge in [-0.15, -0.1) is 0 Å². The van der Waals surface area contributed by atoms with Gasteiger partial charge in [-0.1, -0.05) is 78.4 Å². The number of fused-ring (bicyclic) bond motifs is 5. The van der Waals surface area contributed by atoms with E-state index >= 15 is 0 Å². The molecule has 118 valence electrons. The molecule has 0 unspecified atom stereocenters. The van der Waals surface area contributed by atoms with E-state index in [1.165, 1.54) is 27.6 Å². The maximum atomic E-state index is 6.53. The first kappa shape index (κ1) is 14.1. The molecule has 0 fully saturated rings. The molecule has 2 aliphatic rings. The molecule has 24 heavy (non-hydrogen) atoms. The van der Waals surface area contributed by atoms with Crippen LogP contribution in [-0.2, 0) is 0 Å². The first-order chi connectivity index (χ1) is 11.8. The fourth-order valence-corrected chi connectivity index (χ4v) is 4.63.